The first kappa shape index (κ1) is 11.4. The second-order valence-electron chi connectivity index (χ2n) is 4.17. The molecule has 0 spiro atoms. The molecule has 0 fully saturated rings. The van der Waals surface area contributed by atoms with Gasteiger partial charge in [-0.15, -0.1) is 0 Å². The number of ether oxygens (including phenoxy) is 1. The van der Waals surface area contributed by atoms with E-state index in [1.54, 1.807) is 0 Å². The van der Waals surface area contributed by atoms with Crippen LogP contribution in [0.5, 0.6) is 5.75 Å². The van der Waals surface area contributed by atoms with E-state index in [0.717, 1.165) is 31.8 Å². The van der Waals surface area contributed by atoms with Gasteiger partial charge in [-0.2, -0.15) is 0 Å². The van der Waals surface area contributed by atoms with Gasteiger partial charge in [-0.1, -0.05) is 25.1 Å². The first-order valence-electron chi connectivity index (χ1n) is 5.91. The summed E-state index contributed by atoms with van der Waals surface area (Å²) in [5.74, 6) is 1.02. The van der Waals surface area contributed by atoms with Crippen LogP contribution < -0.4 is 4.74 Å². The minimum Gasteiger partial charge on any atom is -0.488 e. The molecule has 1 aliphatic rings. The molecule has 0 saturated heterocycles. The van der Waals surface area contributed by atoms with E-state index in [0.29, 0.717) is 0 Å². The summed E-state index contributed by atoms with van der Waals surface area (Å²) in [6, 6.07) is 8.21. The quantitative estimate of drug-likeness (QED) is 0.813. The number of rotatable bonds is 5. The molecule has 1 heterocycles. The van der Waals surface area contributed by atoms with Crippen LogP contribution in [0.15, 0.2) is 24.3 Å². The van der Waals surface area contributed by atoms with Gasteiger partial charge in [0.2, 0.25) is 0 Å². The van der Waals surface area contributed by atoms with Crippen molar-refractivity contribution in [2.24, 2.45) is 0 Å². The lowest BCUT2D eigenvalue weighted by Crippen LogP contribution is -2.36. The molecule has 1 aliphatic heterocycles. The number of para-hydroxylation sites is 1. The standard InChI is InChI=1S/C13H19NO2/c1-2-14(7-8-15)10-12-9-11-5-3-4-6-13(11)16-12/h3-6,12,15H,2,7-10H2,1H3. The van der Waals surface area contributed by atoms with Gasteiger partial charge in [0.1, 0.15) is 11.9 Å². The van der Waals surface area contributed by atoms with Crippen LogP contribution >= 0.6 is 0 Å². The van der Waals surface area contributed by atoms with E-state index in [4.69, 9.17) is 9.84 Å². The molecule has 0 amide bonds. The Morgan fingerprint density at radius 2 is 2.25 bits per heavy atom. The predicted molar refractivity (Wildman–Crippen MR) is 63.8 cm³/mol. The molecule has 0 saturated carbocycles. The number of hydrogen-bond donors (Lipinski definition) is 1. The van der Waals surface area contributed by atoms with Gasteiger partial charge in [-0.3, -0.25) is 4.90 Å². The molecule has 1 aromatic rings. The molecule has 2 rings (SSSR count). The van der Waals surface area contributed by atoms with E-state index in [1.807, 2.05) is 12.1 Å². The number of aliphatic hydroxyl groups excluding tert-OH is 1. The number of likely N-dealkylation sites (N-methyl/N-ethyl adjacent to an activating group) is 1. The molecule has 0 bridgehead atoms. The van der Waals surface area contributed by atoms with Crippen molar-refractivity contribution >= 4 is 0 Å². The number of fused-ring (bicyclic) bond motifs is 1. The maximum atomic E-state index is 8.93. The summed E-state index contributed by atoms with van der Waals surface area (Å²) in [4.78, 5) is 2.22. The molecule has 16 heavy (non-hydrogen) atoms. The van der Waals surface area contributed by atoms with Gasteiger partial charge in [0.25, 0.3) is 0 Å². The maximum absolute atomic E-state index is 8.93. The Bertz CT molecular complexity index is 315. The van der Waals surface area contributed by atoms with Crippen LogP contribution in [0.4, 0.5) is 0 Å². The molecule has 0 radical (unpaired) electrons. The highest BCUT2D eigenvalue weighted by Gasteiger charge is 2.23. The van der Waals surface area contributed by atoms with Crippen LogP contribution in [0, 0.1) is 0 Å². The second-order valence-corrected chi connectivity index (χ2v) is 4.17. The van der Waals surface area contributed by atoms with Gasteiger partial charge in [0.05, 0.1) is 6.61 Å². The van der Waals surface area contributed by atoms with Gasteiger partial charge in [-0.05, 0) is 18.2 Å². The smallest absolute Gasteiger partial charge is 0.123 e. The molecular weight excluding hydrogens is 202 g/mol. The highest BCUT2D eigenvalue weighted by Crippen LogP contribution is 2.28. The lowest BCUT2D eigenvalue weighted by molar-refractivity contribution is 0.134. The van der Waals surface area contributed by atoms with E-state index in [2.05, 4.69) is 24.0 Å². The van der Waals surface area contributed by atoms with E-state index >= 15 is 0 Å². The largest absolute Gasteiger partial charge is 0.488 e. The number of hydrogen-bond acceptors (Lipinski definition) is 3. The second kappa shape index (κ2) is 5.32. The van der Waals surface area contributed by atoms with Crippen molar-refractivity contribution in [3.05, 3.63) is 29.8 Å². The first-order valence-corrected chi connectivity index (χ1v) is 5.91. The zero-order valence-corrected chi connectivity index (χ0v) is 9.72. The Morgan fingerprint density at radius 1 is 1.44 bits per heavy atom. The van der Waals surface area contributed by atoms with Gasteiger partial charge in [0.15, 0.2) is 0 Å². The minimum atomic E-state index is 0.216. The van der Waals surface area contributed by atoms with Gasteiger partial charge in [-0.25, -0.2) is 0 Å². The molecule has 3 heteroatoms. The zero-order valence-electron chi connectivity index (χ0n) is 9.72. The van der Waals surface area contributed by atoms with Crippen LogP contribution in [0.3, 0.4) is 0 Å². The summed E-state index contributed by atoms with van der Waals surface area (Å²) in [5, 5.41) is 8.93. The molecule has 3 nitrogen and oxygen atoms in total. The van der Waals surface area contributed by atoms with Crippen molar-refractivity contribution in [2.75, 3.05) is 26.2 Å². The Hall–Kier alpha value is -1.06. The zero-order chi connectivity index (χ0) is 11.4. The Morgan fingerprint density at radius 3 is 2.94 bits per heavy atom. The van der Waals surface area contributed by atoms with Gasteiger partial charge < -0.3 is 9.84 Å². The predicted octanol–water partition coefficient (Wildman–Crippen LogP) is 1.30. The normalized spacial score (nSPS) is 18.6. The fourth-order valence-electron chi connectivity index (χ4n) is 2.16. The Balaban J connectivity index is 1.91. The van der Waals surface area contributed by atoms with Crippen LogP contribution in [-0.4, -0.2) is 42.4 Å². The summed E-state index contributed by atoms with van der Waals surface area (Å²) < 4.78 is 5.86. The summed E-state index contributed by atoms with van der Waals surface area (Å²) >= 11 is 0. The highest BCUT2D eigenvalue weighted by molar-refractivity contribution is 5.37. The van der Waals surface area contributed by atoms with Crippen molar-refractivity contribution in [1.82, 2.24) is 4.90 Å². The third-order valence-corrected chi connectivity index (χ3v) is 3.04. The summed E-state index contributed by atoms with van der Waals surface area (Å²) in [7, 11) is 0. The SMILES string of the molecule is CCN(CCO)CC1Cc2ccccc2O1. The molecule has 1 atom stereocenters. The molecule has 0 aromatic heterocycles. The summed E-state index contributed by atoms with van der Waals surface area (Å²) in [6.45, 7) is 4.90. The van der Waals surface area contributed by atoms with Crippen LogP contribution in [0.1, 0.15) is 12.5 Å². The molecule has 1 unspecified atom stereocenters. The van der Waals surface area contributed by atoms with Crippen molar-refractivity contribution in [3.63, 3.8) is 0 Å². The summed E-state index contributed by atoms with van der Waals surface area (Å²) in [6.07, 6.45) is 1.22. The fraction of sp³-hybridized carbons (Fsp3) is 0.538. The van der Waals surface area contributed by atoms with E-state index in [1.165, 1.54) is 5.56 Å². The van der Waals surface area contributed by atoms with Crippen molar-refractivity contribution in [1.29, 1.82) is 0 Å². The fourth-order valence-corrected chi connectivity index (χ4v) is 2.16. The van der Waals surface area contributed by atoms with Crippen LogP contribution in [0.2, 0.25) is 0 Å². The average molecular weight is 221 g/mol. The average Bonchev–Trinajstić information content (AvgIpc) is 2.70. The van der Waals surface area contributed by atoms with Gasteiger partial charge in [0, 0.05) is 19.5 Å². The van der Waals surface area contributed by atoms with Crippen LogP contribution in [0.25, 0.3) is 0 Å². The monoisotopic (exact) mass is 221 g/mol. The van der Waals surface area contributed by atoms with Crippen molar-refractivity contribution in [2.45, 2.75) is 19.4 Å². The molecular formula is C13H19NO2. The molecule has 1 N–H and O–H groups in total. The first-order chi connectivity index (χ1) is 7.83. The maximum Gasteiger partial charge on any atom is 0.123 e. The Kier molecular flexibility index (Phi) is 3.80. The lowest BCUT2D eigenvalue weighted by Gasteiger charge is -2.22. The number of benzene rings is 1. The molecule has 0 aliphatic carbocycles. The molecule has 1 aromatic carbocycles. The summed E-state index contributed by atoms with van der Waals surface area (Å²) in [5.41, 5.74) is 1.30. The van der Waals surface area contributed by atoms with E-state index < -0.39 is 0 Å². The third-order valence-electron chi connectivity index (χ3n) is 3.04. The van der Waals surface area contributed by atoms with E-state index in [-0.39, 0.29) is 12.7 Å². The third kappa shape index (κ3) is 2.54. The molecule has 88 valence electrons. The number of aliphatic hydroxyl groups is 1. The van der Waals surface area contributed by atoms with Crippen molar-refractivity contribution < 1.29 is 9.84 Å². The minimum absolute atomic E-state index is 0.216. The number of nitrogens with zero attached hydrogens (tertiary/aromatic N) is 1. The van der Waals surface area contributed by atoms with E-state index in [9.17, 15) is 0 Å². The van der Waals surface area contributed by atoms with Gasteiger partial charge >= 0.3 is 0 Å². The van der Waals surface area contributed by atoms with Crippen LogP contribution in [-0.2, 0) is 6.42 Å². The van der Waals surface area contributed by atoms with Crippen molar-refractivity contribution in [3.8, 4) is 5.75 Å². The Labute approximate surface area is 96.6 Å². The highest BCUT2D eigenvalue weighted by atomic mass is 16.5. The lowest BCUT2D eigenvalue weighted by atomic mass is 10.1. The topological polar surface area (TPSA) is 32.7 Å².